The summed E-state index contributed by atoms with van der Waals surface area (Å²) in [5.74, 6) is 0. The second kappa shape index (κ2) is 3.64. The van der Waals surface area contributed by atoms with Gasteiger partial charge < -0.3 is 10.3 Å². The van der Waals surface area contributed by atoms with Gasteiger partial charge >= 0.3 is 0 Å². The third-order valence-electron chi connectivity index (χ3n) is 2.30. The van der Waals surface area contributed by atoms with Gasteiger partial charge in [-0.2, -0.15) is 0 Å². The highest BCUT2D eigenvalue weighted by atomic mass is 14.9. The maximum atomic E-state index is 5.66. The first-order valence-corrected chi connectivity index (χ1v) is 4.58. The first-order valence-electron chi connectivity index (χ1n) is 4.58. The zero-order chi connectivity index (χ0) is 9.97. The van der Waals surface area contributed by atoms with Crippen LogP contribution in [0, 0.1) is 0 Å². The predicted molar refractivity (Wildman–Crippen MR) is 56.5 cm³/mol. The van der Waals surface area contributed by atoms with Gasteiger partial charge in [-0.15, -0.1) is 0 Å². The van der Waals surface area contributed by atoms with Crippen LogP contribution in [0.5, 0.6) is 0 Å². The lowest BCUT2D eigenvalue weighted by Crippen LogP contribution is -2.02. The lowest BCUT2D eigenvalue weighted by atomic mass is 10.1. The van der Waals surface area contributed by atoms with Gasteiger partial charge in [0.15, 0.2) is 0 Å². The maximum Gasteiger partial charge on any atom is 0.0911 e. The molecule has 0 aliphatic rings. The molecule has 0 saturated heterocycles. The summed E-state index contributed by atoms with van der Waals surface area (Å²) < 4.78 is 2.04. The van der Waals surface area contributed by atoms with Gasteiger partial charge in [-0.1, -0.05) is 6.07 Å². The van der Waals surface area contributed by atoms with E-state index >= 15 is 0 Å². The van der Waals surface area contributed by atoms with Crippen LogP contribution in [0.4, 0.5) is 0 Å². The van der Waals surface area contributed by atoms with E-state index in [1.807, 2.05) is 42.1 Å². The molecule has 0 bridgehead atoms. The zero-order valence-electron chi connectivity index (χ0n) is 8.14. The largest absolute Gasteiger partial charge is 0.349 e. The molecule has 0 amide bonds. The van der Waals surface area contributed by atoms with Crippen molar-refractivity contribution in [2.45, 2.75) is 6.54 Å². The van der Waals surface area contributed by atoms with Crippen molar-refractivity contribution in [3.05, 3.63) is 42.2 Å². The molecule has 0 saturated carbocycles. The molecule has 0 aromatic carbocycles. The Bertz CT molecular complexity index is 432. The molecule has 0 spiro atoms. The Kier molecular flexibility index (Phi) is 2.33. The average molecular weight is 187 g/mol. The molecule has 0 fully saturated rings. The van der Waals surface area contributed by atoms with Crippen molar-refractivity contribution in [3.63, 3.8) is 0 Å². The van der Waals surface area contributed by atoms with E-state index in [1.54, 1.807) is 6.20 Å². The van der Waals surface area contributed by atoms with Gasteiger partial charge in [-0.05, 0) is 23.8 Å². The molecule has 0 radical (unpaired) electrons. The molecule has 72 valence electrons. The molecule has 0 atom stereocenters. The number of pyridine rings is 1. The molecule has 0 unspecified atom stereocenters. The van der Waals surface area contributed by atoms with Crippen molar-refractivity contribution in [3.8, 4) is 11.4 Å². The molecule has 2 aromatic rings. The Morgan fingerprint density at radius 2 is 2.21 bits per heavy atom. The van der Waals surface area contributed by atoms with E-state index in [1.165, 1.54) is 0 Å². The zero-order valence-corrected chi connectivity index (χ0v) is 8.14. The Labute approximate surface area is 83.2 Å². The van der Waals surface area contributed by atoms with Crippen molar-refractivity contribution < 1.29 is 0 Å². The molecule has 0 aliphatic carbocycles. The second-order valence-corrected chi connectivity index (χ2v) is 3.22. The van der Waals surface area contributed by atoms with Gasteiger partial charge in [0.05, 0.1) is 11.4 Å². The smallest absolute Gasteiger partial charge is 0.0911 e. The summed E-state index contributed by atoms with van der Waals surface area (Å²) in [6.07, 6.45) is 3.80. The number of aromatic nitrogens is 2. The Morgan fingerprint density at radius 1 is 1.36 bits per heavy atom. The normalized spacial score (nSPS) is 10.4. The quantitative estimate of drug-likeness (QED) is 0.775. The first kappa shape index (κ1) is 8.97. The van der Waals surface area contributed by atoms with E-state index in [2.05, 4.69) is 4.98 Å². The summed E-state index contributed by atoms with van der Waals surface area (Å²) in [4.78, 5) is 4.35. The van der Waals surface area contributed by atoms with Crippen molar-refractivity contribution in [2.75, 3.05) is 0 Å². The van der Waals surface area contributed by atoms with E-state index in [0.717, 1.165) is 17.0 Å². The van der Waals surface area contributed by atoms with Crippen LogP contribution in [0.1, 0.15) is 5.56 Å². The summed E-state index contributed by atoms with van der Waals surface area (Å²) in [6, 6.07) is 7.97. The Morgan fingerprint density at radius 3 is 2.86 bits per heavy atom. The third-order valence-corrected chi connectivity index (χ3v) is 2.30. The summed E-state index contributed by atoms with van der Waals surface area (Å²) >= 11 is 0. The lowest BCUT2D eigenvalue weighted by Gasteiger charge is -2.06. The Hall–Kier alpha value is -1.61. The van der Waals surface area contributed by atoms with E-state index < -0.39 is 0 Å². The molecule has 2 aromatic heterocycles. The van der Waals surface area contributed by atoms with Gasteiger partial charge in [0.25, 0.3) is 0 Å². The standard InChI is InChI=1S/C11H13N3/c1-14-7-3-5-10(14)11-9(8-12)4-2-6-13-11/h2-7H,8,12H2,1H3. The summed E-state index contributed by atoms with van der Waals surface area (Å²) in [7, 11) is 2.00. The van der Waals surface area contributed by atoms with Gasteiger partial charge in [-0.25, -0.2) is 0 Å². The molecule has 0 aliphatic heterocycles. The summed E-state index contributed by atoms with van der Waals surface area (Å²) in [6.45, 7) is 0.522. The maximum absolute atomic E-state index is 5.66. The lowest BCUT2D eigenvalue weighted by molar-refractivity contribution is 0.922. The van der Waals surface area contributed by atoms with Crippen molar-refractivity contribution in [2.24, 2.45) is 12.8 Å². The average Bonchev–Trinajstić information content (AvgIpc) is 2.64. The second-order valence-electron chi connectivity index (χ2n) is 3.22. The molecule has 14 heavy (non-hydrogen) atoms. The summed E-state index contributed by atoms with van der Waals surface area (Å²) in [5.41, 5.74) is 8.81. The Balaban J connectivity index is 2.56. The van der Waals surface area contributed by atoms with Crippen LogP contribution in [0.25, 0.3) is 11.4 Å². The topological polar surface area (TPSA) is 43.8 Å². The van der Waals surface area contributed by atoms with Crippen LogP contribution < -0.4 is 5.73 Å². The molecular weight excluding hydrogens is 174 g/mol. The van der Waals surface area contributed by atoms with Crippen LogP contribution in [0.3, 0.4) is 0 Å². The first-order chi connectivity index (χ1) is 6.83. The van der Waals surface area contributed by atoms with E-state index in [0.29, 0.717) is 6.54 Å². The fraction of sp³-hybridized carbons (Fsp3) is 0.182. The number of aryl methyl sites for hydroxylation is 1. The van der Waals surface area contributed by atoms with Crippen molar-refractivity contribution in [1.29, 1.82) is 0 Å². The number of hydrogen-bond donors (Lipinski definition) is 1. The van der Waals surface area contributed by atoms with Gasteiger partial charge in [0.1, 0.15) is 0 Å². The fourth-order valence-corrected chi connectivity index (χ4v) is 1.54. The monoisotopic (exact) mass is 187 g/mol. The number of nitrogens with zero attached hydrogens (tertiary/aromatic N) is 2. The van der Waals surface area contributed by atoms with Crippen molar-refractivity contribution in [1.82, 2.24) is 9.55 Å². The van der Waals surface area contributed by atoms with Gasteiger partial charge in [0, 0.05) is 26.0 Å². The summed E-state index contributed by atoms with van der Waals surface area (Å²) in [5, 5.41) is 0. The number of nitrogens with two attached hydrogens (primary N) is 1. The minimum absolute atomic E-state index is 0.522. The minimum Gasteiger partial charge on any atom is -0.349 e. The highest BCUT2D eigenvalue weighted by Crippen LogP contribution is 2.20. The highest BCUT2D eigenvalue weighted by Gasteiger charge is 2.06. The predicted octanol–water partition coefficient (Wildman–Crippen LogP) is 1.55. The van der Waals surface area contributed by atoms with Crippen LogP contribution in [-0.2, 0) is 13.6 Å². The van der Waals surface area contributed by atoms with E-state index in [9.17, 15) is 0 Å². The molecule has 2 heterocycles. The highest BCUT2D eigenvalue weighted by molar-refractivity contribution is 5.59. The fourth-order valence-electron chi connectivity index (χ4n) is 1.54. The van der Waals surface area contributed by atoms with E-state index in [4.69, 9.17) is 5.73 Å². The van der Waals surface area contributed by atoms with Gasteiger partial charge in [-0.3, -0.25) is 4.98 Å². The molecule has 2 N–H and O–H groups in total. The van der Waals surface area contributed by atoms with Crippen LogP contribution in [0.15, 0.2) is 36.7 Å². The molecule has 2 rings (SSSR count). The third kappa shape index (κ3) is 1.42. The molecule has 3 heteroatoms. The van der Waals surface area contributed by atoms with Gasteiger partial charge in [0.2, 0.25) is 0 Å². The number of hydrogen-bond acceptors (Lipinski definition) is 2. The number of rotatable bonds is 2. The molecular formula is C11H13N3. The SMILES string of the molecule is Cn1cccc1-c1ncccc1CN. The molecule has 3 nitrogen and oxygen atoms in total. The van der Waals surface area contributed by atoms with Crippen LogP contribution in [0.2, 0.25) is 0 Å². The van der Waals surface area contributed by atoms with E-state index in [-0.39, 0.29) is 0 Å². The van der Waals surface area contributed by atoms with Crippen molar-refractivity contribution >= 4 is 0 Å². The van der Waals surface area contributed by atoms with Crippen LogP contribution >= 0.6 is 0 Å². The minimum atomic E-state index is 0.522. The van der Waals surface area contributed by atoms with Crippen LogP contribution in [-0.4, -0.2) is 9.55 Å².